The molecule has 0 spiro atoms. The van der Waals surface area contributed by atoms with Crippen LogP contribution in [0.5, 0.6) is 0 Å². The first-order valence-corrected chi connectivity index (χ1v) is 36.2. The van der Waals surface area contributed by atoms with Gasteiger partial charge in [-0.15, -0.1) is 6.42 Å². The van der Waals surface area contributed by atoms with Crippen molar-refractivity contribution in [1.82, 2.24) is 29.5 Å². The quantitative estimate of drug-likeness (QED) is 0.0529. The van der Waals surface area contributed by atoms with Crippen LogP contribution in [0.4, 0.5) is 35.9 Å². The molecule has 0 saturated heterocycles. The third kappa shape index (κ3) is 23.2. The number of terminal acetylenes is 1. The van der Waals surface area contributed by atoms with E-state index in [1.807, 2.05) is 217 Å². The molecule has 4 N–H and O–H groups in total. The summed E-state index contributed by atoms with van der Waals surface area (Å²) < 4.78 is 58.8. The summed E-state index contributed by atoms with van der Waals surface area (Å²) in [5.41, 5.74) is 11.6. The maximum absolute atomic E-state index is 14.2. The summed E-state index contributed by atoms with van der Waals surface area (Å²) in [6.45, 7) is 13.0. The molecule has 22 heteroatoms. The molecule has 0 aliphatic carbocycles. The van der Waals surface area contributed by atoms with Crippen LogP contribution in [0.15, 0.2) is 237 Å². The maximum atomic E-state index is 14.2. The van der Waals surface area contributed by atoms with Gasteiger partial charge in [0, 0.05) is 121 Å². The van der Waals surface area contributed by atoms with E-state index in [4.69, 9.17) is 43.8 Å². The van der Waals surface area contributed by atoms with Crippen LogP contribution in [0.25, 0.3) is 44.5 Å². The number of halogens is 5. The number of hydrogen-bond acceptors (Lipinski definition) is 11. The van der Waals surface area contributed by atoms with Gasteiger partial charge in [0.05, 0.1) is 22.4 Å². The molecule has 4 amide bonds. The van der Waals surface area contributed by atoms with Gasteiger partial charge < -0.3 is 35.5 Å². The van der Waals surface area contributed by atoms with Crippen LogP contribution >= 0.6 is 23.2 Å². The number of hydrogen-bond donors (Lipinski definition) is 4. The number of pyridine rings is 2. The number of nitrogens with zero attached hydrogens (tertiary/aromatic N) is 6. The average molecular weight is 1570 g/mol. The van der Waals surface area contributed by atoms with Gasteiger partial charge in [-0.2, -0.15) is 14.6 Å². The predicted molar refractivity (Wildman–Crippen MR) is 446 cm³/mol. The van der Waals surface area contributed by atoms with Crippen LogP contribution in [0.3, 0.4) is 0 Å². The molecule has 8 aromatic carbocycles. The van der Waals surface area contributed by atoms with E-state index in [0.717, 1.165) is 71.4 Å². The number of benzene rings is 8. The lowest BCUT2D eigenvalue weighted by molar-refractivity contribution is 0.0739. The van der Waals surface area contributed by atoms with Crippen molar-refractivity contribution in [1.29, 1.82) is 0 Å². The number of carbonyl (C=O) groups excluding carboxylic acids is 4. The summed E-state index contributed by atoms with van der Waals surface area (Å²) in [4.78, 5) is 58.3. The molecule has 0 aliphatic heterocycles. The minimum Gasteiger partial charge on any atom is -0.366 e. The van der Waals surface area contributed by atoms with Gasteiger partial charge in [-0.05, 0) is 168 Å². The predicted octanol–water partition coefficient (Wildman–Crippen LogP) is 19.7. The van der Waals surface area contributed by atoms with Crippen LogP contribution in [-0.4, -0.2) is 91.3 Å². The largest absolute Gasteiger partial charge is 0.366 e. The van der Waals surface area contributed by atoms with Crippen LogP contribution in [0, 0.1) is 60.7 Å². The Labute approximate surface area is 671 Å². The second-order valence-corrected chi connectivity index (χ2v) is 27.5. The molecule has 0 unspecified atom stereocenters. The molecule has 0 fully saturated rings. The number of methoxy groups -OCH3 is 3. The van der Waals surface area contributed by atoms with E-state index in [9.17, 15) is 32.3 Å². The van der Waals surface area contributed by atoms with Crippen LogP contribution in [0.1, 0.15) is 123 Å². The Morgan fingerprint density at radius 1 is 0.439 bits per heavy atom. The second kappa shape index (κ2) is 39.2. The highest BCUT2D eigenvalue weighted by atomic mass is 35.5. The average Bonchev–Trinajstić information content (AvgIpc) is 1.30. The number of aromatic nitrogens is 6. The van der Waals surface area contributed by atoms with E-state index in [0.29, 0.717) is 39.6 Å². The zero-order valence-electron chi connectivity index (χ0n) is 64.6. The van der Waals surface area contributed by atoms with Crippen molar-refractivity contribution >= 4 is 69.6 Å². The number of para-hydroxylation sites is 4. The van der Waals surface area contributed by atoms with E-state index in [1.54, 1.807) is 83.1 Å². The molecular formula is C92H81Cl2F3N10O7. The van der Waals surface area contributed by atoms with Crippen molar-refractivity contribution in [3.05, 3.63) is 309 Å². The van der Waals surface area contributed by atoms with Gasteiger partial charge in [-0.3, -0.25) is 23.9 Å². The zero-order valence-corrected chi connectivity index (χ0v) is 66.1. The highest BCUT2D eigenvalue weighted by Crippen LogP contribution is 2.34. The van der Waals surface area contributed by atoms with E-state index in [1.165, 1.54) is 25.0 Å². The summed E-state index contributed by atoms with van der Waals surface area (Å²) in [6, 6.07) is 67.0. The summed E-state index contributed by atoms with van der Waals surface area (Å²) in [5.74, 6) is 18.7. The van der Waals surface area contributed by atoms with Gasteiger partial charge in [0.15, 0.2) is 0 Å². The molecule has 0 atom stereocenters. The van der Waals surface area contributed by atoms with Crippen molar-refractivity contribution in [3.63, 3.8) is 0 Å². The van der Waals surface area contributed by atoms with Gasteiger partial charge in [-0.25, -0.2) is 23.4 Å². The smallest absolute Gasteiger partial charge is 0.282 e. The zero-order chi connectivity index (χ0) is 82.3. The van der Waals surface area contributed by atoms with Gasteiger partial charge in [0.25, 0.3) is 30.1 Å². The SMILES string of the molecule is C#Cc1ccc(-c2ccccc2NC(=O)c2cccnc2Cl)cc1.COC(C)(C)C#Cc1ccc(-c2ccccc2NC(=O)c2c(C)nn(C)c2F)cc1.COC(C)(C)C#Cc1ccc(-c2ccccc2NC(=O)c2cccnc2Cl)cc1.COC(C)(C)C#Cc1ccc(-c2ccccc2NC(=O)c2cn(C)nc2C(F)F)cc1. The highest BCUT2D eigenvalue weighted by molar-refractivity contribution is 6.34. The number of rotatable bonds is 16. The number of carbonyl (C=O) groups is 4. The molecule has 576 valence electrons. The number of nitrogens with one attached hydrogen (secondary N) is 4. The standard InChI is InChI=1S/C24H21ClN2O2.C24H23F2N3O2.C24H24FN3O2.C20H13ClN2O/c1-24(2,29-3)15-14-17-10-12-18(13-11-17)19-7-4-5-9-21(19)27-23(28)20-8-6-16-26-22(20)25;1-24(2,31-4)14-13-16-9-11-17(12-10-16)18-7-5-6-8-20(18)27-23(30)19-15-29(3)28-21(19)22(25)26;1-16-21(22(25)28(4)27-16)23(29)26-20-9-7-6-8-19(20)18-12-10-17(11-13-18)14-15-24(2,3)30-5;1-2-14-9-11-15(12-10-14)16-6-3-4-8-18(16)23-20(24)17-7-5-13-22-19(17)21/h4-13,16H,1-3H3,(H,27,28);5-12,15,22H,1-4H3,(H,27,30);6-13H,1-5H3,(H,26,29);1,3-13H,(H,23,24). The Bertz CT molecular complexity index is 5680. The molecule has 0 bridgehead atoms. The van der Waals surface area contributed by atoms with Crippen molar-refractivity contribution in [3.8, 4) is 92.4 Å². The van der Waals surface area contributed by atoms with E-state index in [-0.39, 0.29) is 33.2 Å². The first-order valence-electron chi connectivity index (χ1n) is 35.5. The van der Waals surface area contributed by atoms with Crippen molar-refractivity contribution in [2.45, 2.75) is 71.7 Å². The first kappa shape index (κ1) is 84.9. The molecule has 12 rings (SSSR count). The van der Waals surface area contributed by atoms with E-state index in [2.05, 4.69) is 82.9 Å². The summed E-state index contributed by atoms with van der Waals surface area (Å²) in [5, 5.41) is 19.4. The molecule has 0 aliphatic rings. The Morgan fingerprint density at radius 2 is 0.746 bits per heavy atom. The lowest BCUT2D eigenvalue weighted by Gasteiger charge is -2.14. The third-order valence-corrected chi connectivity index (χ3v) is 18.0. The van der Waals surface area contributed by atoms with Gasteiger partial charge >= 0.3 is 0 Å². The summed E-state index contributed by atoms with van der Waals surface area (Å²) >= 11 is 12.0. The maximum Gasteiger partial charge on any atom is 0.282 e. The molecule has 12 aromatic rings. The van der Waals surface area contributed by atoms with Crippen LogP contribution in [-0.2, 0) is 28.3 Å². The van der Waals surface area contributed by atoms with Crippen LogP contribution < -0.4 is 21.3 Å². The minimum absolute atomic E-state index is 0.0568. The minimum atomic E-state index is -2.84. The number of amides is 4. The Kier molecular flexibility index (Phi) is 29.1. The highest BCUT2D eigenvalue weighted by Gasteiger charge is 2.25. The fourth-order valence-electron chi connectivity index (χ4n) is 10.7. The first-order chi connectivity index (χ1) is 54.5. The monoisotopic (exact) mass is 1560 g/mol. The Balaban J connectivity index is 0.000000175. The van der Waals surface area contributed by atoms with Gasteiger partial charge in [-0.1, -0.05) is 186 Å². The molecule has 4 aromatic heterocycles. The lowest BCUT2D eigenvalue weighted by atomic mass is 10.0. The molecule has 17 nitrogen and oxygen atoms in total. The summed E-state index contributed by atoms with van der Waals surface area (Å²) in [7, 11) is 7.84. The normalized spacial score (nSPS) is 10.8. The van der Waals surface area contributed by atoms with Crippen LogP contribution in [0.2, 0.25) is 10.3 Å². The van der Waals surface area contributed by atoms with Gasteiger partial charge in [0.2, 0.25) is 5.95 Å². The fraction of sp³-hybridized carbons (Fsp3) is 0.174. The molecule has 4 heterocycles. The van der Waals surface area contributed by atoms with Crippen molar-refractivity contribution in [2.75, 3.05) is 42.6 Å². The Hall–Kier alpha value is -13.2. The summed E-state index contributed by atoms with van der Waals surface area (Å²) in [6.07, 6.45) is 6.92. The number of anilines is 4. The van der Waals surface area contributed by atoms with E-state index >= 15 is 0 Å². The third-order valence-electron chi connectivity index (χ3n) is 17.4. The number of alkyl halides is 2. The molecule has 0 saturated carbocycles. The molecular weight excluding hydrogens is 1480 g/mol. The second-order valence-electron chi connectivity index (χ2n) is 26.8. The topological polar surface area (TPSA) is 206 Å². The Morgan fingerprint density at radius 3 is 1.04 bits per heavy atom. The van der Waals surface area contributed by atoms with E-state index < -0.39 is 46.7 Å². The van der Waals surface area contributed by atoms with Crippen molar-refractivity contribution < 1.29 is 46.6 Å². The molecule has 0 radical (unpaired) electrons. The fourth-order valence-corrected chi connectivity index (χ4v) is 11.1. The molecule has 114 heavy (non-hydrogen) atoms. The number of ether oxygens (including phenoxy) is 3. The lowest BCUT2D eigenvalue weighted by Crippen LogP contribution is -2.19. The van der Waals surface area contributed by atoms with Gasteiger partial charge in [0.1, 0.15) is 38.4 Å². The van der Waals surface area contributed by atoms with Crippen molar-refractivity contribution in [2.24, 2.45) is 14.1 Å². The number of aryl methyl sites for hydroxylation is 3.